The van der Waals surface area contributed by atoms with Crippen LogP contribution in [-0.4, -0.2) is 37.4 Å². The summed E-state index contributed by atoms with van der Waals surface area (Å²) in [7, 11) is -2.60. The molecule has 0 amide bonds. The zero-order chi connectivity index (χ0) is 29.9. The summed E-state index contributed by atoms with van der Waals surface area (Å²) in [6.07, 6.45) is 37.4. The lowest BCUT2D eigenvalue weighted by Crippen LogP contribution is -2.25. The van der Waals surface area contributed by atoms with E-state index in [1.165, 1.54) is 167 Å². The summed E-state index contributed by atoms with van der Waals surface area (Å²) in [6, 6.07) is 0. The van der Waals surface area contributed by atoms with E-state index in [0.717, 1.165) is 19.4 Å². The van der Waals surface area contributed by atoms with Crippen LogP contribution in [0.4, 0.5) is 0 Å². The Bertz CT molecular complexity index is 505. The summed E-state index contributed by atoms with van der Waals surface area (Å²) >= 11 is 0. The topological polar surface area (TPSA) is 65.0 Å². The van der Waals surface area contributed by atoms with E-state index in [9.17, 15) is 4.57 Å². The molecule has 0 radical (unpaired) electrons. The van der Waals surface area contributed by atoms with Gasteiger partial charge in [0.15, 0.2) is 0 Å². The molecular weight excluding hydrogens is 531 g/mol. The average Bonchev–Trinajstić information content (AvgIpc) is 2.97. The molecule has 0 fully saturated rings. The molecule has 0 rings (SSSR count). The molecule has 0 aromatic heterocycles. The zero-order valence-corrected chi connectivity index (χ0v) is 28.6. The molecule has 0 saturated carbocycles. The van der Waals surface area contributed by atoms with Crippen molar-refractivity contribution in [3.05, 3.63) is 0 Å². The molecule has 41 heavy (non-hydrogen) atoms. The summed E-state index contributed by atoms with van der Waals surface area (Å²) in [5.41, 5.74) is 0. The Balaban J connectivity index is 3.55. The molecule has 0 saturated heterocycles. The van der Waals surface area contributed by atoms with E-state index in [-0.39, 0.29) is 12.7 Å². The summed E-state index contributed by atoms with van der Waals surface area (Å²) in [5, 5.41) is 0. The van der Waals surface area contributed by atoms with Gasteiger partial charge in [0.25, 0.3) is 0 Å². The second kappa shape index (κ2) is 36.1. The molecule has 0 aliphatic rings. The van der Waals surface area contributed by atoms with Crippen LogP contribution in [0.15, 0.2) is 0 Å². The molecule has 2 atom stereocenters. The van der Waals surface area contributed by atoms with Crippen molar-refractivity contribution in [3.63, 3.8) is 0 Å². The van der Waals surface area contributed by atoms with E-state index in [4.69, 9.17) is 18.9 Å². The molecule has 0 bridgehead atoms. The summed E-state index contributed by atoms with van der Waals surface area (Å²) in [6.45, 7) is 6.49. The van der Waals surface area contributed by atoms with Gasteiger partial charge in [0.1, 0.15) is 12.7 Å². The maximum Gasteiger partial charge on any atom is 0.694 e. The highest BCUT2D eigenvalue weighted by Gasteiger charge is 2.19. The molecule has 5 nitrogen and oxygen atoms in total. The molecule has 0 spiro atoms. The predicted molar refractivity (Wildman–Crippen MR) is 177 cm³/mol. The van der Waals surface area contributed by atoms with Crippen molar-refractivity contribution in [2.24, 2.45) is 0 Å². The van der Waals surface area contributed by atoms with E-state index in [2.05, 4.69) is 13.8 Å². The maximum absolute atomic E-state index is 11.0. The van der Waals surface area contributed by atoms with Gasteiger partial charge in [-0.1, -0.05) is 181 Å². The quantitative estimate of drug-likeness (QED) is 0.0570. The van der Waals surface area contributed by atoms with Gasteiger partial charge in [0.2, 0.25) is 0 Å². The van der Waals surface area contributed by atoms with E-state index in [1.54, 1.807) is 0 Å². The van der Waals surface area contributed by atoms with Gasteiger partial charge in [0.05, 0.1) is 6.61 Å². The van der Waals surface area contributed by atoms with E-state index < -0.39 is 8.25 Å². The molecule has 0 aromatic rings. The predicted octanol–water partition coefficient (Wildman–Crippen LogP) is 12.0. The van der Waals surface area contributed by atoms with Crippen LogP contribution < -0.4 is 0 Å². The second-order valence-electron chi connectivity index (χ2n) is 12.3. The van der Waals surface area contributed by atoms with Crippen molar-refractivity contribution in [2.45, 2.75) is 200 Å². The Morgan fingerprint density at radius 3 is 1.12 bits per heavy atom. The lowest BCUT2D eigenvalue weighted by Gasteiger charge is -2.15. The fourth-order valence-electron chi connectivity index (χ4n) is 5.45. The lowest BCUT2D eigenvalue weighted by atomic mass is 10.0. The van der Waals surface area contributed by atoms with E-state index >= 15 is 0 Å². The van der Waals surface area contributed by atoms with Crippen molar-refractivity contribution < 1.29 is 23.5 Å². The molecule has 0 aliphatic carbocycles. The van der Waals surface area contributed by atoms with Gasteiger partial charge in [-0.2, -0.15) is 0 Å². The van der Waals surface area contributed by atoms with E-state index in [1.807, 2.05) is 0 Å². The van der Waals surface area contributed by atoms with E-state index in [0.29, 0.717) is 13.2 Å². The number of hydrogen-bond donors (Lipinski definition) is 1. The fraction of sp³-hybridized carbons (Fsp3) is 1.00. The van der Waals surface area contributed by atoms with Crippen molar-refractivity contribution in [1.29, 1.82) is 0 Å². The van der Waals surface area contributed by atoms with Gasteiger partial charge < -0.3 is 9.47 Å². The van der Waals surface area contributed by atoms with Crippen molar-refractivity contribution in [2.75, 3.05) is 26.4 Å². The Kier molecular flexibility index (Phi) is 36.1. The second-order valence-corrected chi connectivity index (χ2v) is 13.0. The Morgan fingerprint density at radius 2 is 0.780 bits per heavy atom. The molecule has 2 unspecified atom stereocenters. The van der Waals surface area contributed by atoms with Crippen LogP contribution in [0, 0.1) is 0 Å². The minimum absolute atomic E-state index is 0.114. The minimum atomic E-state index is -2.60. The number of unbranched alkanes of at least 4 members (excludes halogenated alkanes) is 26. The summed E-state index contributed by atoms with van der Waals surface area (Å²) in [4.78, 5) is 9.01. The van der Waals surface area contributed by atoms with Crippen LogP contribution in [0.1, 0.15) is 194 Å². The highest BCUT2D eigenvalue weighted by atomic mass is 31.1. The molecule has 1 N–H and O–H groups in total. The Labute approximate surface area is 257 Å². The molecule has 6 heteroatoms. The van der Waals surface area contributed by atoms with Crippen LogP contribution >= 0.6 is 8.25 Å². The highest BCUT2D eigenvalue weighted by molar-refractivity contribution is 7.32. The zero-order valence-electron chi connectivity index (χ0n) is 27.7. The van der Waals surface area contributed by atoms with Crippen molar-refractivity contribution in [1.82, 2.24) is 0 Å². The first-order chi connectivity index (χ1) is 20.2. The number of hydrogen-bond acceptors (Lipinski definition) is 4. The SMILES string of the molecule is CCCCCCCCCCCCCCCCOCC(CO[P+](=O)O)OCCCCCCCCCCCCCCCC. The molecule has 246 valence electrons. The minimum Gasteiger partial charge on any atom is -0.379 e. The number of rotatable bonds is 36. The van der Waals surface area contributed by atoms with Gasteiger partial charge in [0, 0.05) is 17.8 Å². The summed E-state index contributed by atoms with van der Waals surface area (Å²) < 4.78 is 27.7. The molecule has 0 aliphatic heterocycles. The third-order valence-electron chi connectivity index (χ3n) is 8.17. The monoisotopic (exact) mass is 604 g/mol. The van der Waals surface area contributed by atoms with Crippen LogP contribution in [0.25, 0.3) is 0 Å². The first-order valence-corrected chi connectivity index (χ1v) is 19.3. The largest absolute Gasteiger partial charge is 0.694 e. The smallest absolute Gasteiger partial charge is 0.379 e. The van der Waals surface area contributed by atoms with Crippen molar-refractivity contribution in [3.8, 4) is 0 Å². The third kappa shape index (κ3) is 36.0. The van der Waals surface area contributed by atoms with Crippen LogP contribution in [0.5, 0.6) is 0 Å². The van der Waals surface area contributed by atoms with Gasteiger partial charge >= 0.3 is 8.25 Å². The third-order valence-corrected chi connectivity index (χ3v) is 8.54. The van der Waals surface area contributed by atoms with Gasteiger partial charge in [-0.05, 0) is 12.8 Å². The van der Waals surface area contributed by atoms with Crippen LogP contribution in [0.2, 0.25) is 0 Å². The molecular formula is C35H72O5P+. The highest BCUT2D eigenvalue weighted by Crippen LogP contribution is 2.17. The Morgan fingerprint density at radius 1 is 0.463 bits per heavy atom. The fourth-order valence-corrected chi connectivity index (χ4v) is 5.75. The standard InChI is InChI=1S/C35H71O5P/c1-3-5-7-9-11-13-15-17-19-21-23-25-27-29-31-38-33-35(34-40-41(36)37)39-32-30-28-26-24-22-20-18-16-14-12-10-8-6-4-2/h35H,3-34H2,1-2H3/p+1. The first-order valence-electron chi connectivity index (χ1n) is 18.2. The lowest BCUT2D eigenvalue weighted by molar-refractivity contribution is -0.0392. The van der Waals surface area contributed by atoms with Gasteiger partial charge in [-0.15, -0.1) is 9.42 Å². The first kappa shape index (κ1) is 40.9. The molecule has 0 aromatic carbocycles. The number of ether oxygens (including phenoxy) is 2. The van der Waals surface area contributed by atoms with Crippen molar-refractivity contribution >= 4 is 8.25 Å². The average molecular weight is 604 g/mol. The summed E-state index contributed by atoms with van der Waals surface area (Å²) in [5.74, 6) is 0. The normalized spacial score (nSPS) is 12.7. The van der Waals surface area contributed by atoms with Gasteiger partial charge in [-0.3, -0.25) is 0 Å². The maximum atomic E-state index is 11.0. The van der Waals surface area contributed by atoms with Crippen LogP contribution in [-0.2, 0) is 18.6 Å². The van der Waals surface area contributed by atoms with Gasteiger partial charge in [-0.25, -0.2) is 0 Å². The molecule has 0 heterocycles. The Hall–Kier alpha value is -0.0600. The van der Waals surface area contributed by atoms with Crippen LogP contribution in [0.3, 0.4) is 0 Å².